The minimum absolute atomic E-state index is 0.0519. The molecule has 0 unspecified atom stereocenters. The Bertz CT molecular complexity index is 1010. The van der Waals surface area contributed by atoms with E-state index in [1.165, 1.54) is 4.57 Å². The maximum atomic E-state index is 12.5. The molecule has 6 heteroatoms. The molecule has 0 atom stereocenters. The van der Waals surface area contributed by atoms with Crippen LogP contribution in [0.25, 0.3) is 0 Å². The zero-order chi connectivity index (χ0) is 19.2. The molecule has 1 heterocycles. The fourth-order valence-electron chi connectivity index (χ4n) is 3.04. The van der Waals surface area contributed by atoms with Crippen LogP contribution in [-0.4, -0.2) is 14.5 Å². The van der Waals surface area contributed by atoms with E-state index in [0.29, 0.717) is 30.7 Å². The lowest BCUT2D eigenvalue weighted by Crippen LogP contribution is -2.43. The highest BCUT2D eigenvalue weighted by molar-refractivity contribution is 5.27. The molecule has 1 N–H and O–H groups in total. The molecule has 0 radical (unpaired) electrons. The predicted molar refractivity (Wildman–Crippen MR) is 102 cm³/mol. The molecule has 27 heavy (non-hydrogen) atoms. The lowest BCUT2D eigenvalue weighted by Gasteiger charge is -2.17. The van der Waals surface area contributed by atoms with E-state index in [-0.39, 0.29) is 11.5 Å². The summed E-state index contributed by atoms with van der Waals surface area (Å²) in [6.07, 6.45) is 0.810. The smallest absolute Gasteiger partial charge is 0.366 e. The van der Waals surface area contributed by atoms with Gasteiger partial charge in [0.05, 0.1) is 6.61 Å². The van der Waals surface area contributed by atoms with Crippen LogP contribution < -0.4 is 11.2 Å². The number of rotatable bonds is 7. The SMILES string of the molecule is CCc1c(Cc2ccccc2)n(COCc2ccccc2)c(=O)n(O)c1=O. The maximum Gasteiger partial charge on any atom is 0.366 e. The van der Waals surface area contributed by atoms with Gasteiger partial charge >= 0.3 is 5.69 Å². The Morgan fingerprint density at radius 2 is 1.52 bits per heavy atom. The molecular weight excluding hydrogens is 344 g/mol. The number of nitrogens with zero attached hydrogens (tertiary/aromatic N) is 2. The number of hydrogen-bond acceptors (Lipinski definition) is 4. The largest absolute Gasteiger partial charge is 0.421 e. The Hall–Kier alpha value is -3.12. The van der Waals surface area contributed by atoms with Crippen LogP contribution in [0.5, 0.6) is 0 Å². The van der Waals surface area contributed by atoms with E-state index in [9.17, 15) is 14.8 Å². The summed E-state index contributed by atoms with van der Waals surface area (Å²) in [4.78, 5) is 24.8. The number of aromatic nitrogens is 2. The minimum atomic E-state index is -0.795. The van der Waals surface area contributed by atoms with Crippen LogP contribution in [0.4, 0.5) is 0 Å². The van der Waals surface area contributed by atoms with Gasteiger partial charge in [-0.2, -0.15) is 0 Å². The summed E-state index contributed by atoms with van der Waals surface area (Å²) in [6, 6.07) is 19.2. The van der Waals surface area contributed by atoms with E-state index in [1.54, 1.807) is 0 Å². The van der Waals surface area contributed by atoms with E-state index in [4.69, 9.17) is 4.74 Å². The van der Waals surface area contributed by atoms with Gasteiger partial charge in [0, 0.05) is 17.7 Å². The molecule has 0 aliphatic heterocycles. The molecule has 0 amide bonds. The van der Waals surface area contributed by atoms with Gasteiger partial charge in [0.1, 0.15) is 6.73 Å². The highest BCUT2D eigenvalue weighted by Gasteiger charge is 2.18. The second kappa shape index (κ2) is 8.51. The van der Waals surface area contributed by atoms with Crippen molar-refractivity contribution in [2.45, 2.75) is 33.1 Å². The fourth-order valence-corrected chi connectivity index (χ4v) is 3.04. The Morgan fingerprint density at radius 1 is 0.926 bits per heavy atom. The van der Waals surface area contributed by atoms with Crippen molar-refractivity contribution in [2.24, 2.45) is 0 Å². The second-order valence-electron chi connectivity index (χ2n) is 6.23. The molecule has 0 saturated heterocycles. The second-order valence-corrected chi connectivity index (χ2v) is 6.23. The minimum Gasteiger partial charge on any atom is -0.421 e. The summed E-state index contributed by atoms with van der Waals surface area (Å²) in [6.45, 7) is 2.10. The first-order valence-corrected chi connectivity index (χ1v) is 8.84. The molecule has 3 aromatic rings. The monoisotopic (exact) mass is 366 g/mol. The molecule has 6 nitrogen and oxygen atoms in total. The highest BCUT2D eigenvalue weighted by atomic mass is 16.5. The zero-order valence-electron chi connectivity index (χ0n) is 15.2. The summed E-state index contributed by atoms with van der Waals surface area (Å²) in [5, 5.41) is 9.92. The molecule has 0 aliphatic carbocycles. The Labute approximate surface area is 156 Å². The van der Waals surface area contributed by atoms with Gasteiger partial charge in [0.15, 0.2) is 0 Å². The van der Waals surface area contributed by atoms with Gasteiger partial charge in [-0.1, -0.05) is 72.3 Å². The summed E-state index contributed by atoms with van der Waals surface area (Å²) in [7, 11) is 0. The van der Waals surface area contributed by atoms with Crippen molar-refractivity contribution in [1.82, 2.24) is 9.30 Å². The van der Waals surface area contributed by atoms with Gasteiger partial charge in [0.25, 0.3) is 5.56 Å². The first-order chi connectivity index (χ1) is 13.1. The standard InChI is InChI=1S/C21H22N2O4/c1-2-18-19(13-16-9-5-3-6-10-16)22(21(25)23(26)20(18)24)15-27-14-17-11-7-4-8-12-17/h3-12,26H,2,13-15H2,1H3. The van der Waals surface area contributed by atoms with Gasteiger partial charge in [0.2, 0.25) is 0 Å². The van der Waals surface area contributed by atoms with Crippen LogP contribution in [-0.2, 0) is 30.9 Å². The quantitative estimate of drug-likeness (QED) is 0.652. The summed E-state index contributed by atoms with van der Waals surface area (Å²) >= 11 is 0. The van der Waals surface area contributed by atoms with Crippen LogP contribution in [0.15, 0.2) is 70.3 Å². The molecule has 0 aliphatic rings. The molecule has 3 rings (SSSR count). The number of hydrogen-bond donors (Lipinski definition) is 1. The summed E-state index contributed by atoms with van der Waals surface area (Å²) in [5.74, 6) is 0. The van der Waals surface area contributed by atoms with Gasteiger partial charge in [-0.25, -0.2) is 4.79 Å². The van der Waals surface area contributed by atoms with Crippen LogP contribution in [0, 0.1) is 0 Å². The summed E-state index contributed by atoms with van der Waals surface area (Å²) < 4.78 is 7.19. The average Bonchev–Trinajstić information content (AvgIpc) is 2.70. The van der Waals surface area contributed by atoms with E-state index in [2.05, 4.69) is 0 Å². The number of benzene rings is 2. The van der Waals surface area contributed by atoms with Crippen molar-refractivity contribution in [3.05, 3.63) is 104 Å². The van der Waals surface area contributed by atoms with Crippen molar-refractivity contribution in [2.75, 3.05) is 0 Å². The average molecular weight is 366 g/mol. The molecular formula is C21H22N2O4. The third kappa shape index (κ3) is 4.17. The first kappa shape index (κ1) is 18.7. The zero-order valence-corrected chi connectivity index (χ0v) is 15.2. The molecule has 0 bridgehead atoms. The van der Waals surface area contributed by atoms with Crippen molar-refractivity contribution in [3.63, 3.8) is 0 Å². The van der Waals surface area contributed by atoms with E-state index in [1.807, 2.05) is 67.6 Å². The normalized spacial score (nSPS) is 10.9. The third-order valence-electron chi connectivity index (χ3n) is 4.44. The molecule has 0 fully saturated rings. The molecule has 140 valence electrons. The highest BCUT2D eigenvalue weighted by Crippen LogP contribution is 2.12. The van der Waals surface area contributed by atoms with Crippen molar-refractivity contribution < 1.29 is 9.94 Å². The topological polar surface area (TPSA) is 73.5 Å². The van der Waals surface area contributed by atoms with Gasteiger partial charge in [-0.15, -0.1) is 0 Å². The van der Waals surface area contributed by atoms with E-state index in [0.717, 1.165) is 11.1 Å². The molecule has 0 spiro atoms. The van der Waals surface area contributed by atoms with Crippen molar-refractivity contribution >= 4 is 0 Å². The summed E-state index contributed by atoms with van der Waals surface area (Å²) in [5.41, 5.74) is 1.45. The van der Waals surface area contributed by atoms with Crippen molar-refractivity contribution in [1.29, 1.82) is 0 Å². The maximum absolute atomic E-state index is 12.5. The van der Waals surface area contributed by atoms with Crippen LogP contribution in [0.3, 0.4) is 0 Å². The molecule has 2 aromatic carbocycles. The molecule has 1 aromatic heterocycles. The van der Waals surface area contributed by atoms with Crippen LogP contribution in [0.2, 0.25) is 0 Å². The Morgan fingerprint density at radius 3 is 2.11 bits per heavy atom. The fraction of sp³-hybridized carbons (Fsp3) is 0.238. The van der Waals surface area contributed by atoms with Crippen LogP contribution in [0.1, 0.15) is 29.3 Å². The van der Waals surface area contributed by atoms with Crippen LogP contribution >= 0.6 is 0 Å². The lowest BCUT2D eigenvalue weighted by molar-refractivity contribution is 0.0500. The molecule has 0 saturated carbocycles. The predicted octanol–water partition coefficient (Wildman–Crippen LogP) is 2.57. The number of ether oxygens (including phenoxy) is 1. The van der Waals surface area contributed by atoms with E-state index >= 15 is 0 Å². The lowest BCUT2D eigenvalue weighted by atomic mass is 10.0. The van der Waals surface area contributed by atoms with Gasteiger partial charge in [-0.05, 0) is 17.5 Å². The van der Waals surface area contributed by atoms with Gasteiger partial charge in [-0.3, -0.25) is 9.36 Å². The van der Waals surface area contributed by atoms with E-state index < -0.39 is 11.2 Å². The van der Waals surface area contributed by atoms with Gasteiger partial charge < -0.3 is 9.94 Å². The Kier molecular flexibility index (Phi) is 5.88. The third-order valence-corrected chi connectivity index (χ3v) is 4.44. The first-order valence-electron chi connectivity index (χ1n) is 8.84. The van der Waals surface area contributed by atoms with Crippen molar-refractivity contribution in [3.8, 4) is 0 Å². The Balaban J connectivity index is 1.96.